The van der Waals surface area contributed by atoms with Gasteiger partial charge in [0.15, 0.2) is 0 Å². The first-order valence-corrected chi connectivity index (χ1v) is 10.9. The van der Waals surface area contributed by atoms with Gasteiger partial charge in [-0.2, -0.15) is 10.4 Å². The summed E-state index contributed by atoms with van der Waals surface area (Å²) in [5, 5.41) is 16.3. The zero-order chi connectivity index (χ0) is 20.5. The van der Waals surface area contributed by atoms with Gasteiger partial charge in [0.05, 0.1) is 16.0 Å². The SMILES string of the molecule is CC(C)(C)S(=O)(=O)NC1CCC(c2cc(-c3ccc(F)c(C#N)c3)n[nH]2)CC1. The van der Waals surface area contributed by atoms with E-state index in [2.05, 4.69) is 14.9 Å². The minimum atomic E-state index is -3.35. The number of nitrogens with one attached hydrogen (secondary N) is 2. The Bertz CT molecular complexity index is 994. The normalized spacial score (nSPS) is 20.7. The van der Waals surface area contributed by atoms with Crippen LogP contribution >= 0.6 is 0 Å². The lowest BCUT2D eigenvalue weighted by atomic mass is 9.84. The van der Waals surface area contributed by atoms with Crippen LogP contribution in [0.1, 0.15) is 63.6 Å². The van der Waals surface area contributed by atoms with Crippen molar-refractivity contribution >= 4 is 10.0 Å². The average Bonchev–Trinajstić information content (AvgIpc) is 3.11. The molecule has 8 heteroatoms. The van der Waals surface area contributed by atoms with Gasteiger partial charge in [-0.1, -0.05) is 0 Å². The van der Waals surface area contributed by atoms with Crippen LogP contribution in [-0.2, 0) is 10.0 Å². The largest absolute Gasteiger partial charge is 0.282 e. The van der Waals surface area contributed by atoms with E-state index in [-0.39, 0.29) is 17.5 Å². The third-order valence-electron chi connectivity index (χ3n) is 5.28. The van der Waals surface area contributed by atoms with Crippen molar-refractivity contribution < 1.29 is 12.8 Å². The Morgan fingerprint density at radius 3 is 2.50 bits per heavy atom. The van der Waals surface area contributed by atoms with E-state index in [1.165, 1.54) is 12.1 Å². The number of aromatic amines is 1. The summed E-state index contributed by atoms with van der Waals surface area (Å²) in [4.78, 5) is 0. The van der Waals surface area contributed by atoms with Gasteiger partial charge in [-0.25, -0.2) is 17.5 Å². The monoisotopic (exact) mass is 404 g/mol. The minimum absolute atomic E-state index is 0.00584. The fourth-order valence-electron chi connectivity index (χ4n) is 3.38. The molecule has 1 aromatic heterocycles. The molecule has 1 aliphatic carbocycles. The molecule has 0 aliphatic heterocycles. The van der Waals surface area contributed by atoms with Gasteiger partial charge in [-0.15, -0.1) is 0 Å². The highest BCUT2D eigenvalue weighted by Crippen LogP contribution is 2.34. The Hall–Kier alpha value is -2.24. The van der Waals surface area contributed by atoms with Crippen LogP contribution in [0.15, 0.2) is 24.3 Å². The molecule has 0 atom stereocenters. The summed E-state index contributed by atoms with van der Waals surface area (Å²) in [7, 11) is -3.35. The molecule has 0 saturated heterocycles. The van der Waals surface area contributed by atoms with Gasteiger partial charge >= 0.3 is 0 Å². The molecule has 0 spiro atoms. The van der Waals surface area contributed by atoms with Crippen LogP contribution in [0, 0.1) is 17.1 Å². The highest BCUT2D eigenvalue weighted by molar-refractivity contribution is 7.90. The molecular formula is C20H25FN4O2S. The maximum atomic E-state index is 13.5. The minimum Gasteiger partial charge on any atom is -0.282 e. The van der Waals surface area contributed by atoms with E-state index >= 15 is 0 Å². The first-order valence-electron chi connectivity index (χ1n) is 9.38. The Labute approximate surface area is 165 Å². The lowest BCUT2D eigenvalue weighted by molar-refractivity contribution is 0.367. The van der Waals surface area contributed by atoms with Gasteiger partial charge < -0.3 is 0 Å². The fourth-order valence-corrected chi connectivity index (χ4v) is 4.41. The third-order valence-corrected chi connectivity index (χ3v) is 7.53. The number of nitrogens with zero attached hydrogens (tertiary/aromatic N) is 2. The van der Waals surface area contributed by atoms with Gasteiger partial charge in [0.1, 0.15) is 11.9 Å². The quantitative estimate of drug-likeness (QED) is 0.809. The van der Waals surface area contributed by atoms with Crippen molar-refractivity contribution in [3.8, 4) is 17.3 Å². The molecule has 3 rings (SSSR count). The number of halogens is 1. The summed E-state index contributed by atoms with van der Waals surface area (Å²) < 4.78 is 40.2. The first kappa shape index (κ1) is 20.5. The number of H-pyrrole nitrogens is 1. The highest BCUT2D eigenvalue weighted by atomic mass is 32.2. The van der Waals surface area contributed by atoms with Crippen LogP contribution in [0.2, 0.25) is 0 Å². The number of hydrogen-bond donors (Lipinski definition) is 2. The van der Waals surface area contributed by atoms with E-state index in [4.69, 9.17) is 5.26 Å². The Morgan fingerprint density at radius 2 is 1.89 bits per heavy atom. The van der Waals surface area contributed by atoms with Crippen LogP contribution in [0.25, 0.3) is 11.3 Å². The van der Waals surface area contributed by atoms with E-state index in [9.17, 15) is 12.8 Å². The van der Waals surface area contributed by atoms with E-state index in [1.54, 1.807) is 26.8 Å². The summed E-state index contributed by atoms with van der Waals surface area (Å²) in [6.07, 6.45) is 3.24. The lowest BCUT2D eigenvalue weighted by Gasteiger charge is -2.30. The van der Waals surface area contributed by atoms with E-state index in [1.807, 2.05) is 12.1 Å². The van der Waals surface area contributed by atoms with Gasteiger partial charge in [-0.3, -0.25) is 5.10 Å². The van der Waals surface area contributed by atoms with Crippen molar-refractivity contribution in [1.82, 2.24) is 14.9 Å². The highest BCUT2D eigenvalue weighted by Gasteiger charge is 2.33. The Kier molecular flexibility index (Phi) is 5.60. The molecule has 1 aromatic carbocycles. The predicted octanol–water partition coefficient (Wildman–Crippen LogP) is 3.83. The third kappa shape index (κ3) is 4.26. The zero-order valence-electron chi connectivity index (χ0n) is 16.3. The standard InChI is InChI=1S/C20H25FN4O2S/c1-20(2,3)28(26,27)25-16-7-4-13(5-8-16)18-11-19(24-23-18)14-6-9-17(21)15(10-14)12-22/h6,9-11,13,16,25H,4-5,7-8H2,1-3H3,(H,23,24). The van der Waals surface area contributed by atoms with Gasteiger partial charge in [0, 0.05) is 23.2 Å². The molecule has 0 unspecified atom stereocenters. The Morgan fingerprint density at radius 1 is 1.21 bits per heavy atom. The molecule has 2 N–H and O–H groups in total. The van der Waals surface area contributed by atoms with Crippen LogP contribution in [0.4, 0.5) is 4.39 Å². The van der Waals surface area contributed by atoms with E-state index in [0.29, 0.717) is 11.3 Å². The molecule has 0 radical (unpaired) electrons. The molecule has 2 aromatic rings. The maximum Gasteiger partial charge on any atom is 0.216 e. The first-order chi connectivity index (χ1) is 13.1. The molecular weight excluding hydrogens is 379 g/mol. The van der Waals surface area contributed by atoms with Crippen molar-refractivity contribution in [3.05, 3.63) is 41.3 Å². The molecule has 6 nitrogen and oxygen atoms in total. The number of benzene rings is 1. The fraction of sp³-hybridized carbons (Fsp3) is 0.500. The molecule has 150 valence electrons. The number of aromatic nitrogens is 2. The number of rotatable bonds is 4. The number of nitriles is 1. The predicted molar refractivity (Wildman–Crippen MR) is 106 cm³/mol. The molecule has 0 amide bonds. The topological polar surface area (TPSA) is 98.6 Å². The molecule has 0 bridgehead atoms. The average molecular weight is 405 g/mol. The van der Waals surface area contributed by atoms with Crippen LogP contribution in [0.5, 0.6) is 0 Å². The van der Waals surface area contributed by atoms with Gasteiger partial charge in [0.25, 0.3) is 0 Å². The Balaban J connectivity index is 1.66. The summed E-state index contributed by atoms with van der Waals surface area (Å²) in [6, 6.07) is 8.10. The van der Waals surface area contributed by atoms with Crippen molar-refractivity contribution in [1.29, 1.82) is 5.26 Å². The van der Waals surface area contributed by atoms with Gasteiger partial charge in [-0.05, 0) is 70.7 Å². The summed E-state index contributed by atoms with van der Waals surface area (Å²) in [5.41, 5.74) is 2.33. The summed E-state index contributed by atoms with van der Waals surface area (Å²) in [6.45, 7) is 5.08. The molecule has 1 aliphatic rings. The van der Waals surface area contributed by atoms with Crippen molar-refractivity contribution in [2.45, 2.75) is 63.2 Å². The molecule has 1 saturated carbocycles. The van der Waals surface area contributed by atoms with Crippen LogP contribution in [-0.4, -0.2) is 29.4 Å². The molecule has 1 fully saturated rings. The number of sulfonamides is 1. The zero-order valence-corrected chi connectivity index (χ0v) is 17.1. The second kappa shape index (κ2) is 7.64. The van der Waals surface area contributed by atoms with Gasteiger partial charge in [0.2, 0.25) is 10.0 Å². The van der Waals surface area contributed by atoms with E-state index in [0.717, 1.165) is 31.4 Å². The smallest absolute Gasteiger partial charge is 0.216 e. The van der Waals surface area contributed by atoms with E-state index < -0.39 is 20.6 Å². The van der Waals surface area contributed by atoms with Crippen molar-refractivity contribution in [2.75, 3.05) is 0 Å². The summed E-state index contributed by atoms with van der Waals surface area (Å²) in [5.74, 6) is -0.273. The molecule has 28 heavy (non-hydrogen) atoms. The van der Waals surface area contributed by atoms with Crippen LogP contribution in [0.3, 0.4) is 0 Å². The lowest BCUT2D eigenvalue weighted by Crippen LogP contribution is -2.45. The van der Waals surface area contributed by atoms with Crippen LogP contribution < -0.4 is 4.72 Å². The second-order valence-electron chi connectivity index (χ2n) is 8.30. The summed E-state index contributed by atoms with van der Waals surface area (Å²) >= 11 is 0. The molecule has 1 heterocycles. The van der Waals surface area contributed by atoms with Crippen molar-refractivity contribution in [2.24, 2.45) is 0 Å². The number of hydrogen-bond acceptors (Lipinski definition) is 4. The second-order valence-corrected chi connectivity index (χ2v) is 10.8. The van der Waals surface area contributed by atoms with Crippen molar-refractivity contribution in [3.63, 3.8) is 0 Å². The maximum absolute atomic E-state index is 13.5.